The average molecular weight is 367 g/mol. The van der Waals surface area contributed by atoms with Crippen LogP contribution in [0.3, 0.4) is 0 Å². The van der Waals surface area contributed by atoms with Crippen LogP contribution in [-0.2, 0) is 0 Å². The van der Waals surface area contributed by atoms with Crippen LogP contribution in [0.1, 0.15) is 42.8 Å². The maximum absolute atomic E-state index is 5.86. The normalized spacial score (nSPS) is 22.7. The highest BCUT2D eigenvalue weighted by molar-refractivity contribution is 5.30. The van der Waals surface area contributed by atoms with Gasteiger partial charge in [-0.2, -0.15) is 4.98 Å². The molecule has 0 bridgehead atoms. The van der Waals surface area contributed by atoms with Crippen molar-refractivity contribution in [3.05, 3.63) is 35.5 Å². The number of nitrogens with zero attached hydrogens (tertiary/aromatic N) is 5. The Morgan fingerprint density at radius 3 is 2.52 bits per heavy atom. The first-order chi connectivity index (χ1) is 13.1. The van der Waals surface area contributed by atoms with Gasteiger partial charge in [0.25, 0.3) is 0 Å². The number of ether oxygens (including phenoxy) is 1. The summed E-state index contributed by atoms with van der Waals surface area (Å²) in [5, 5.41) is 0. The fraction of sp³-hybridized carbons (Fsp3) is 0.619. The van der Waals surface area contributed by atoms with E-state index in [1.807, 2.05) is 39.2 Å². The minimum absolute atomic E-state index is 0.712. The van der Waals surface area contributed by atoms with Crippen LogP contribution in [0.15, 0.2) is 18.5 Å². The van der Waals surface area contributed by atoms with Crippen molar-refractivity contribution in [1.82, 2.24) is 19.9 Å². The molecule has 144 valence electrons. The molecule has 0 amide bonds. The zero-order chi connectivity index (χ0) is 18.8. The standard InChI is InChI=1S/C21H29N5O/c1-14-12-22-21(23-13-14)26-7-4-17(5-8-26)19-11-18(19)6-9-27-20-10-15(2)24-16(3)25-20/h10,12-13,17-19H,4-9,11H2,1-3H3. The van der Waals surface area contributed by atoms with Crippen molar-refractivity contribution < 1.29 is 4.74 Å². The van der Waals surface area contributed by atoms with Gasteiger partial charge in [-0.15, -0.1) is 0 Å². The first kappa shape index (κ1) is 18.1. The average Bonchev–Trinajstić information content (AvgIpc) is 3.41. The van der Waals surface area contributed by atoms with Crippen molar-refractivity contribution in [2.75, 3.05) is 24.6 Å². The highest BCUT2D eigenvalue weighted by Gasteiger charge is 2.43. The molecule has 27 heavy (non-hydrogen) atoms. The Morgan fingerprint density at radius 2 is 1.81 bits per heavy atom. The van der Waals surface area contributed by atoms with Crippen molar-refractivity contribution in [2.24, 2.45) is 17.8 Å². The molecule has 2 fully saturated rings. The van der Waals surface area contributed by atoms with Crippen LogP contribution in [-0.4, -0.2) is 39.6 Å². The minimum atomic E-state index is 0.712. The van der Waals surface area contributed by atoms with Crippen molar-refractivity contribution in [3.8, 4) is 5.88 Å². The molecule has 0 spiro atoms. The molecule has 1 saturated heterocycles. The number of rotatable bonds is 6. The van der Waals surface area contributed by atoms with Gasteiger partial charge in [-0.25, -0.2) is 15.0 Å². The van der Waals surface area contributed by atoms with Crippen molar-refractivity contribution in [3.63, 3.8) is 0 Å². The predicted octanol–water partition coefficient (Wildman–Crippen LogP) is 3.51. The topological polar surface area (TPSA) is 64.0 Å². The molecule has 4 rings (SSSR count). The summed E-state index contributed by atoms with van der Waals surface area (Å²) in [4.78, 5) is 19.9. The Hall–Kier alpha value is -2.24. The van der Waals surface area contributed by atoms with E-state index in [1.165, 1.54) is 19.3 Å². The Kier molecular flexibility index (Phi) is 5.23. The molecule has 6 heteroatoms. The third-order valence-electron chi connectivity index (χ3n) is 5.85. The van der Waals surface area contributed by atoms with Gasteiger partial charge < -0.3 is 9.64 Å². The minimum Gasteiger partial charge on any atom is -0.478 e. The largest absolute Gasteiger partial charge is 0.478 e. The Bertz CT molecular complexity index is 750. The molecule has 2 aromatic rings. The molecular weight excluding hydrogens is 338 g/mol. The fourth-order valence-corrected chi connectivity index (χ4v) is 4.33. The smallest absolute Gasteiger partial charge is 0.225 e. The van der Waals surface area contributed by atoms with Gasteiger partial charge in [-0.1, -0.05) is 0 Å². The molecule has 0 aromatic carbocycles. The van der Waals surface area contributed by atoms with Crippen molar-refractivity contribution in [1.29, 1.82) is 0 Å². The third-order valence-corrected chi connectivity index (χ3v) is 5.85. The van der Waals surface area contributed by atoms with E-state index in [0.29, 0.717) is 5.88 Å². The maximum Gasteiger partial charge on any atom is 0.225 e. The van der Waals surface area contributed by atoms with Gasteiger partial charge in [-0.05, 0) is 69.8 Å². The van der Waals surface area contributed by atoms with Crippen molar-refractivity contribution in [2.45, 2.75) is 46.5 Å². The van der Waals surface area contributed by atoms with E-state index in [1.54, 1.807) is 0 Å². The van der Waals surface area contributed by atoms with Gasteiger partial charge in [0.2, 0.25) is 11.8 Å². The quantitative estimate of drug-likeness (QED) is 0.778. The van der Waals surface area contributed by atoms with Gasteiger partial charge in [0.15, 0.2) is 0 Å². The molecule has 0 radical (unpaired) electrons. The van der Waals surface area contributed by atoms with E-state index in [-0.39, 0.29) is 0 Å². The summed E-state index contributed by atoms with van der Waals surface area (Å²) in [6.07, 6.45) is 8.82. The van der Waals surface area contributed by atoms with Gasteiger partial charge in [0, 0.05) is 37.2 Å². The van der Waals surface area contributed by atoms with Crippen molar-refractivity contribution >= 4 is 5.95 Å². The first-order valence-electron chi connectivity index (χ1n) is 10.1. The van der Waals surface area contributed by atoms with E-state index in [2.05, 4.69) is 24.8 Å². The summed E-state index contributed by atoms with van der Waals surface area (Å²) in [6, 6.07) is 1.92. The van der Waals surface area contributed by atoms with E-state index >= 15 is 0 Å². The van der Waals surface area contributed by atoms with Crippen LogP contribution in [0.25, 0.3) is 0 Å². The number of aromatic nitrogens is 4. The van der Waals surface area contributed by atoms with Gasteiger partial charge in [0.1, 0.15) is 5.82 Å². The van der Waals surface area contributed by atoms with E-state index in [9.17, 15) is 0 Å². The molecule has 1 saturated carbocycles. The first-order valence-corrected chi connectivity index (χ1v) is 10.1. The SMILES string of the molecule is Cc1cnc(N2CCC(C3CC3CCOc3cc(C)nc(C)n3)CC2)nc1. The molecule has 6 nitrogen and oxygen atoms in total. The Morgan fingerprint density at radius 1 is 1.07 bits per heavy atom. The molecule has 0 N–H and O–H groups in total. The molecule has 2 aromatic heterocycles. The number of piperidine rings is 1. The van der Waals surface area contributed by atoms with E-state index < -0.39 is 0 Å². The molecular formula is C21H29N5O. The highest BCUT2D eigenvalue weighted by atomic mass is 16.5. The molecule has 2 atom stereocenters. The summed E-state index contributed by atoms with van der Waals surface area (Å²) < 4.78 is 5.86. The lowest BCUT2D eigenvalue weighted by Crippen LogP contribution is -2.35. The molecule has 1 aliphatic carbocycles. The second kappa shape index (κ2) is 7.79. The molecule has 2 aliphatic rings. The number of hydrogen-bond donors (Lipinski definition) is 0. The second-order valence-corrected chi connectivity index (χ2v) is 8.08. The summed E-state index contributed by atoms with van der Waals surface area (Å²) in [5.74, 6) is 4.92. The summed E-state index contributed by atoms with van der Waals surface area (Å²) in [5.41, 5.74) is 2.08. The predicted molar refractivity (Wildman–Crippen MR) is 105 cm³/mol. The lowest BCUT2D eigenvalue weighted by atomic mass is 9.90. The zero-order valence-corrected chi connectivity index (χ0v) is 16.6. The van der Waals surface area contributed by atoms with E-state index in [4.69, 9.17) is 4.74 Å². The van der Waals surface area contributed by atoms with Crippen LogP contribution in [0.5, 0.6) is 5.88 Å². The van der Waals surface area contributed by atoms with Crippen LogP contribution < -0.4 is 9.64 Å². The van der Waals surface area contributed by atoms with Gasteiger partial charge in [0.05, 0.1) is 6.61 Å². The zero-order valence-electron chi connectivity index (χ0n) is 16.6. The Balaban J connectivity index is 1.19. The van der Waals surface area contributed by atoms with Crippen LogP contribution in [0.2, 0.25) is 0 Å². The fourth-order valence-electron chi connectivity index (χ4n) is 4.33. The van der Waals surface area contributed by atoms with Gasteiger partial charge in [-0.3, -0.25) is 0 Å². The summed E-state index contributed by atoms with van der Waals surface area (Å²) in [6.45, 7) is 8.82. The van der Waals surface area contributed by atoms with E-state index in [0.717, 1.165) is 66.9 Å². The van der Waals surface area contributed by atoms with Crippen LogP contribution in [0.4, 0.5) is 5.95 Å². The number of aryl methyl sites for hydroxylation is 3. The lowest BCUT2D eigenvalue weighted by molar-refractivity contribution is 0.275. The number of hydrogen-bond acceptors (Lipinski definition) is 6. The number of anilines is 1. The van der Waals surface area contributed by atoms with Crippen LogP contribution >= 0.6 is 0 Å². The molecule has 1 aliphatic heterocycles. The van der Waals surface area contributed by atoms with Crippen LogP contribution in [0, 0.1) is 38.5 Å². The highest BCUT2D eigenvalue weighted by Crippen LogP contribution is 2.49. The maximum atomic E-state index is 5.86. The summed E-state index contributed by atoms with van der Waals surface area (Å²) in [7, 11) is 0. The van der Waals surface area contributed by atoms with Gasteiger partial charge >= 0.3 is 0 Å². The Labute approximate surface area is 161 Å². The monoisotopic (exact) mass is 367 g/mol. The second-order valence-electron chi connectivity index (χ2n) is 8.08. The third kappa shape index (κ3) is 4.54. The summed E-state index contributed by atoms with van der Waals surface area (Å²) >= 11 is 0. The molecule has 3 heterocycles. The lowest BCUT2D eigenvalue weighted by Gasteiger charge is -2.32. The molecule has 2 unspecified atom stereocenters.